The molecule has 24 heavy (non-hydrogen) atoms. The number of rotatable bonds is 4. The standard InChI is InChI=1S/C15H10F3NO4S/c1-7-12(14(20)21)9-4-8(2-3-10(9)23-7)22-5-11-13(15(16,17)18)19-6-24-11/h2-4,6H,5H2,1H3,(H,20,21). The molecule has 0 radical (unpaired) electrons. The number of aromatic nitrogens is 1. The second kappa shape index (κ2) is 5.82. The third-order valence-corrected chi connectivity index (χ3v) is 4.14. The highest BCUT2D eigenvalue weighted by molar-refractivity contribution is 7.09. The Hall–Kier alpha value is -2.55. The Morgan fingerprint density at radius 3 is 2.83 bits per heavy atom. The molecule has 0 spiro atoms. The molecule has 0 saturated heterocycles. The second-order valence-corrected chi connectivity index (χ2v) is 5.85. The van der Waals surface area contributed by atoms with E-state index >= 15 is 0 Å². The van der Waals surface area contributed by atoms with Crippen molar-refractivity contribution in [2.45, 2.75) is 19.7 Å². The molecule has 0 saturated carbocycles. The molecule has 5 nitrogen and oxygen atoms in total. The first-order valence-corrected chi connectivity index (χ1v) is 7.54. The minimum Gasteiger partial charge on any atom is -0.488 e. The van der Waals surface area contributed by atoms with Gasteiger partial charge < -0.3 is 14.3 Å². The first-order valence-electron chi connectivity index (χ1n) is 6.66. The smallest absolute Gasteiger partial charge is 0.434 e. The molecule has 3 aromatic rings. The number of hydrogen-bond donors (Lipinski definition) is 1. The van der Waals surface area contributed by atoms with Crippen LogP contribution in [0.4, 0.5) is 13.2 Å². The van der Waals surface area contributed by atoms with Crippen molar-refractivity contribution in [1.29, 1.82) is 0 Å². The first kappa shape index (κ1) is 16.3. The van der Waals surface area contributed by atoms with Crippen molar-refractivity contribution in [3.8, 4) is 5.75 Å². The fraction of sp³-hybridized carbons (Fsp3) is 0.200. The number of carboxylic acids is 1. The summed E-state index contributed by atoms with van der Waals surface area (Å²) >= 11 is 0.843. The number of hydrogen-bond acceptors (Lipinski definition) is 5. The zero-order valence-electron chi connectivity index (χ0n) is 12.2. The highest BCUT2D eigenvalue weighted by Gasteiger charge is 2.36. The van der Waals surface area contributed by atoms with Crippen LogP contribution in [0, 0.1) is 6.92 Å². The summed E-state index contributed by atoms with van der Waals surface area (Å²) in [6, 6.07) is 4.45. The van der Waals surface area contributed by atoms with Crippen molar-refractivity contribution < 1.29 is 32.2 Å². The number of aromatic carboxylic acids is 1. The van der Waals surface area contributed by atoms with Gasteiger partial charge in [0, 0.05) is 5.39 Å². The fourth-order valence-corrected chi connectivity index (χ4v) is 3.00. The lowest BCUT2D eigenvalue weighted by molar-refractivity contribution is -0.141. The number of aryl methyl sites for hydroxylation is 1. The number of ether oxygens (including phenoxy) is 1. The van der Waals surface area contributed by atoms with Gasteiger partial charge in [-0.2, -0.15) is 13.2 Å². The Bertz CT molecular complexity index is 913. The van der Waals surface area contributed by atoms with E-state index in [1.165, 1.54) is 25.1 Å². The maximum atomic E-state index is 12.8. The van der Waals surface area contributed by atoms with Crippen molar-refractivity contribution in [1.82, 2.24) is 4.98 Å². The minimum absolute atomic E-state index is 0.00391. The fourth-order valence-electron chi connectivity index (χ4n) is 2.31. The van der Waals surface area contributed by atoms with Crippen molar-refractivity contribution in [2.75, 3.05) is 0 Å². The molecule has 1 aromatic carbocycles. The van der Waals surface area contributed by atoms with Crippen molar-refractivity contribution in [2.24, 2.45) is 0 Å². The average Bonchev–Trinajstić information content (AvgIpc) is 3.06. The van der Waals surface area contributed by atoms with Crippen LogP contribution in [0.5, 0.6) is 5.75 Å². The quantitative estimate of drug-likeness (QED) is 0.745. The Kier molecular flexibility index (Phi) is 3.96. The third-order valence-electron chi connectivity index (χ3n) is 3.33. The van der Waals surface area contributed by atoms with Gasteiger partial charge in [0.15, 0.2) is 5.69 Å². The van der Waals surface area contributed by atoms with Gasteiger partial charge in [-0.15, -0.1) is 11.3 Å². The van der Waals surface area contributed by atoms with E-state index in [2.05, 4.69) is 4.98 Å². The van der Waals surface area contributed by atoms with E-state index in [0.717, 1.165) is 16.8 Å². The van der Waals surface area contributed by atoms with Gasteiger partial charge in [0.25, 0.3) is 0 Å². The third kappa shape index (κ3) is 2.94. The Morgan fingerprint density at radius 1 is 1.42 bits per heavy atom. The molecule has 3 rings (SSSR count). The summed E-state index contributed by atoms with van der Waals surface area (Å²) in [7, 11) is 0. The van der Waals surface area contributed by atoms with E-state index in [9.17, 15) is 23.1 Å². The maximum absolute atomic E-state index is 12.8. The maximum Gasteiger partial charge on any atom is 0.434 e. The molecule has 1 N–H and O–H groups in total. The van der Waals surface area contributed by atoms with Crippen LogP contribution >= 0.6 is 11.3 Å². The number of furan rings is 1. The lowest BCUT2D eigenvalue weighted by Crippen LogP contribution is -2.09. The van der Waals surface area contributed by atoms with E-state index < -0.39 is 17.8 Å². The minimum atomic E-state index is -4.54. The molecule has 0 amide bonds. The zero-order valence-corrected chi connectivity index (χ0v) is 13.0. The van der Waals surface area contributed by atoms with Gasteiger partial charge in [-0.1, -0.05) is 0 Å². The van der Waals surface area contributed by atoms with E-state index in [0.29, 0.717) is 11.0 Å². The number of thiazole rings is 1. The summed E-state index contributed by atoms with van der Waals surface area (Å²) in [6.45, 7) is 1.21. The van der Waals surface area contributed by atoms with Gasteiger partial charge in [0.2, 0.25) is 0 Å². The van der Waals surface area contributed by atoms with Gasteiger partial charge in [-0.3, -0.25) is 0 Å². The second-order valence-electron chi connectivity index (χ2n) is 4.91. The lowest BCUT2D eigenvalue weighted by atomic mass is 10.1. The molecule has 2 aromatic heterocycles. The monoisotopic (exact) mass is 357 g/mol. The van der Waals surface area contributed by atoms with Crippen LogP contribution in [-0.2, 0) is 12.8 Å². The highest BCUT2D eigenvalue weighted by atomic mass is 32.1. The Morgan fingerprint density at radius 2 is 2.17 bits per heavy atom. The van der Waals surface area contributed by atoms with Crippen LogP contribution in [0.1, 0.15) is 26.7 Å². The normalized spacial score (nSPS) is 11.8. The number of halogens is 3. The molecule has 0 aliphatic heterocycles. The molecule has 0 fully saturated rings. The number of carboxylic acid groups (broad SMARTS) is 1. The van der Waals surface area contributed by atoms with E-state index in [1.807, 2.05) is 0 Å². The number of alkyl halides is 3. The summed E-state index contributed by atoms with van der Waals surface area (Å²) in [6.07, 6.45) is -4.54. The molecule has 0 aliphatic rings. The van der Waals surface area contributed by atoms with Crippen LogP contribution < -0.4 is 4.74 Å². The van der Waals surface area contributed by atoms with Gasteiger partial charge in [0.1, 0.15) is 29.3 Å². The number of benzene rings is 1. The molecule has 0 atom stereocenters. The van der Waals surface area contributed by atoms with Crippen molar-refractivity contribution in [3.05, 3.63) is 45.6 Å². The summed E-state index contributed by atoms with van der Waals surface area (Å²) in [5.41, 5.74) is 0.501. The predicted molar refractivity (Wildman–Crippen MR) is 79.4 cm³/mol. The molecule has 0 unspecified atom stereocenters. The molecule has 126 valence electrons. The van der Waals surface area contributed by atoms with Crippen LogP contribution in [-0.4, -0.2) is 16.1 Å². The topological polar surface area (TPSA) is 72.6 Å². The lowest BCUT2D eigenvalue weighted by Gasteiger charge is -2.08. The van der Waals surface area contributed by atoms with Crippen LogP contribution in [0.2, 0.25) is 0 Å². The zero-order chi connectivity index (χ0) is 17.5. The summed E-state index contributed by atoms with van der Waals surface area (Å²) < 4.78 is 49.0. The SMILES string of the molecule is Cc1oc2ccc(OCc3scnc3C(F)(F)F)cc2c1C(=O)O. The first-order chi connectivity index (χ1) is 11.3. The van der Waals surface area contributed by atoms with E-state index in [1.54, 1.807) is 0 Å². The molecule has 0 bridgehead atoms. The Balaban J connectivity index is 1.88. The van der Waals surface area contributed by atoms with E-state index in [4.69, 9.17) is 9.15 Å². The molecule has 9 heteroatoms. The van der Waals surface area contributed by atoms with Crippen LogP contribution in [0.3, 0.4) is 0 Å². The van der Waals surface area contributed by atoms with Gasteiger partial charge in [0.05, 0.1) is 10.4 Å². The van der Waals surface area contributed by atoms with Crippen LogP contribution in [0.25, 0.3) is 11.0 Å². The average molecular weight is 357 g/mol. The van der Waals surface area contributed by atoms with Crippen molar-refractivity contribution in [3.63, 3.8) is 0 Å². The largest absolute Gasteiger partial charge is 0.488 e. The van der Waals surface area contributed by atoms with Gasteiger partial charge in [-0.25, -0.2) is 9.78 Å². The summed E-state index contributed by atoms with van der Waals surface area (Å²) in [5, 5.41) is 9.55. The molecular weight excluding hydrogens is 347 g/mol. The predicted octanol–water partition coefficient (Wildman–Crippen LogP) is 4.49. The van der Waals surface area contributed by atoms with Crippen LogP contribution in [0.15, 0.2) is 28.1 Å². The summed E-state index contributed by atoms with van der Waals surface area (Å²) in [5.74, 6) is -0.658. The Labute approximate surface area is 137 Å². The molecule has 0 aliphatic carbocycles. The number of carbonyl (C=O) groups is 1. The van der Waals surface area contributed by atoms with Crippen molar-refractivity contribution >= 4 is 28.3 Å². The highest BCUT2D eigenvalue weighted by Crippen LogP contribution is 2.34. The summed E-state index contributed by atoms with van der Waals surface area (Å²) in [4.78, 5) is 14.5. The number of nitrogens with zero attached hydrogens (tertiary/aromatic N) is 1. The van der Waals surface area contributed by atoms with Gasteiger partial charge in [-0.05, 0) is 25.1 Å². The molecular formula is C15H10F3NO4S. The van der Waals surface area contributed by atoms with E-state index in [-0.39, 0.29) is 28.6 Å². The number of fused-ring (bicyclic) bond motifs is 1. The van der Waals surface area contributed by atoms with Gasteiger partial charge >= 0.3 is 12.1 Å². The molecule has 2 heterocycles.